The first-order valence-corrected chi connectivity index (χ1v) is 8.50. The fourth-order valence-electron chi connectivity index (χ4n) is 3.28. The highest BCUT2D eigenvalue weighted by Crippen LogP contribution is 2.41. The van der Waals surface area contributed by atoms with Gasteiger partial charge in [-0.3, -0.25) is 0 Å². The number of fused-ring (bicyclic) bond motifs is 1. The maximum atomic E-state index is 5.45. The van der Waals surface area contributed by atoms with E-state index in [1.807, 2.05) is 30.5 Å². The van der Waals surface area contributed by atoms with Crippen LogP contribution in [-0.2, 0) is 6.42 Å². The molecule has 0 amide bonds. The van der Waals surface area contributed by atoms with Crippen LogP contribution >= 0.6 is 0 Å². The molecule has 7 heteroatoms. The van der Waals surface area contributed by atoms with Crippen LogP contribution in [0.1, 0.15) is 11.3 Å². The van der Waals surface area contributed by atoms with Crippen LogP contribution in [0.25, 0.3) is 22.2 Å². The average molecular weight is 364 g/mol. The summed E-state index contributed by atoms with van der Waals surface area (Å²) in [5.74, 6) is 1.70. The van der Waals surface area contributed by atoms with Crippen LogP contribution in [0.4, 0.5) is 0 Å². The molecule has 4 aromatic rings. The minimum atomic E-state index is 0.547. The van der Waals surface area contributed by atoms with E-state index in [1.54, 1.807) is 21.3 Å². The predicted octanol–water partition coefficient (Wildman–Crippen LogP) is 3.57. The molecule has 2 aromatic heterocycles. The zero-order valence-corrected chi connectivity index (χ0v) is 15.4. The van der Waals surface area contributed by atoms with Gasteiger partial charge in [-0.2, -0.15) is 15.4 Å². The second kappa shape index (κ2) is 7.03. The van der Waals surface area contributed by atoms with Gasteiger partial charge in [-0.1, -0.05) is 18.2 Å². The molecule has 0 aliphatic rings. The van der Waals surface area contributed by atoms with Gasteiger partial charge in [0, 0.05) is 29.1 Å². The molecule has 0 atom stereocenters. The number of nitrogens with zero attached hydrogens (tertiary/aromatic N) is 2. The summed E-state index contributed by atoms with van der Waals surface area (Å²) in [5, 5.41) is 12.6. The molecule has 7 nitrogen and oxygen atoms in total. The van der Waals surface area contributed by atoms with Crippen LogP contribution in [0.15, 0.2) is 42.6 Å². The number of ether oxygens (including phenoxy) is 3. The van der Waals surface area contributed by atoms with Crippen LogP contribution in [0.3, 0.4) is 0 Å². The van der Waals surface area contributed by atoms with Crippen molar-refractivity contribution in [2.75, 3.05) is 21.3 Å². The molecule has 2 heterocycles. The van der Waals surface area contributed by atoms with Gasteiger partial charge in [-0.25, -0.2) is 0 Å². The van der Waals surface area contributed by atoms with E-state index >= 15 is 0 Å². The lowest BCUT2D eigenvalue weighted by atomic mass is 10.0. The number of H-pyrrole nitrogens is 2. The molecule has 0 aliphatic heterocycles. The highest BCUT2D eigenvalue weighted by molar-refractivity contribution is 5.83. The molecule has 0 saturated carbocycles. The smallest absolute Gasteiger partial charge is 0.203 e. The second-order valence-corrected chi connectivity index (χ2v) is 6.07. The summed E-state index contributed by atoms with van der Waals surface area (Å²) in [5.41, 5.74) is 4.69. The first kappa shape index (κ1) is 17.0. The number of benzene rings is 2. The predicted molar refractivity (Wildman–Crippen MR) is 103 cm³/mol. The number of rotatable bonds is 6. The van der Waals surface area contributed by atoms with Crippen LogP contribution < -0.4 is 14.2 Å². The number of aromatic amines is 2. The Bertz CT molecular complexity index is 1060. The van der Waals surface area contributed by atoms with E-state index in [9.17, 15) is 0 Å². The third-order valence-corrected chi connectivity index (χ3v) is 4.59. The Morgan fingerprint density at radius 2 is 1.67 bits per heavy atom. The molecule has 0 unspecified atom stereocenters. The highest BCUT2D eigenvalue weighted by Gasteiger charge is 2.19. The summed E-state index contributed by atoms with van der Waals surface area (Å²) in [7, 11) is 4.77. The van der Waals surface area contributed by atoms with Crippen molar-refractivity contribution >= 4 is 10.9 Å². The summed E-state index contributed by atoms with van der Waals surface area (Å²) in [6.07, 6.45) is 2.66. The molecule has 138 valence electrons. The molecule has 0 aliphatic carbocycles. The zero-order chi connectivity index (χ0) is 18.8. The maximum Gasteiger partial charge on any atom is 0.203 e. The molecule has 0 saturated heterocycles. The van der Waals surface area contributed by atoms with Crippen LogP contribution in [0.5, 0.6) is 17.2 Å². The van der Waals surface area contributed by atoms with Crippen molar-refractivity contribution in [2.45, 2.75) is 6.42 Å². The highest BCUT2D eigenvalue weighted by atomic mass is 16.5. The zero-order valence-electron chi connectivity index (χ0n) is 15.4. The summed E-state index contributed by atoms with van der Waals surface area (Å²) >= 11 is 0. The first-order chi connectivity index (χ1) is 13.2. The van der Waals surface area contributed by atoms with Gasteiger partial charge in [0.15, 0.2) is 11.5 Å². The number of hydrogen-bond acceptors (Lipinski definition) is 5. The number of hydrogen-bond donors (Lipinski definition) is 2. The molecular formula is C20H20N4O3. The van der Waals surface area contributed by atoms with E-state index in [-0.39, 0.29) is 0 Å². The fraction of sp³-hybridized carbons (Fsp3) is 0.200. The van der Waals surface area contributed by atoms with Gasteiger partial charge >= 0.3 is 0 Å². The number of aromatic nitrogens is 4. The van der Waals surface area contributed by atoms with E-state index in [4.69, 9.17) is 14.2 Å². The Hall–Kier alpha value is -3.48. The largest absolute Gasteiger partial charge is 0.493 e. The first-order valence-electron chi connectivity index (χ1n) is 8.50. The van der Waals surface area contributed by atoms with Gasteiger partial charge in [-0.15, -0.1) is 0 Å². The van der Waals surface area contributed by atoms with Crippen molar-refractivity contribution in [3.05, 3.63) is 53.9 Å². The minimum Gasteiger partial charge on any atom is -0.493 e. The van der Waals surface area contributed by atoms with Crippen LogP contribution in [-0.4, -0.2) is 41.7 Å². The summed E-state index contributed by atoms with van der Waals surface area (Å²) < 4.78 is 16.3. The van der Waals surface area contributed by atoms with E-state index < -0.39 is 0 Å². The molecule has 2 N–H and O–H groups in total. The van der Waals surface area contributed by atoms with Crippen molar-refractivity contribution in [3.63, 3.8) is 0 Å². The van der Waals surface area contributed by atoms with Gasteiger partial charge in [-0.05, 0) is 23.8 Å². The SMILES string of the molecule is COc1cc(-c2n[nH]nc2Cc2c[nH]c3ccccc23)cc(OC)c1OC. The number of nitrogens with one attached hydrogen (secondary N) is 2. The monoisotopic (exact) mass is 364 g/mol. The Morgan fingerprint density at radius 3 is 2.37 bits per heavy atom. The molecule has 2 aromatic carbocycles. The second-order valence-electron chi connectivity index (χ2n) is 6.07. The molecule has 0 fully saturated rings. The van der Waals surface area contributed by atoms with Crippen molar-refractivity contribution < 1.29 is 14.2 Å². The lowest BCUT2D eigenvalue weighted by Crippen LogP contribution is -1.97. The minimum absolute atomic E-state index is 0.547. The maximum absolute atomic E-state index is 5.45. The fourth-order valence-corrected chi connectivity index (χ4v) is 3.28. The Kier molecular flexibility index (Phi) is 4.42. The molecule has 4 rings (SSSR count). The molecule has 27 heavy (non-hydrogen) atoms. The van der Waals surface area contributed by atoms with E-state index in [0.717, 1.165) is 28.0 Å². The standard InChI is InChI=1S/C20H20N4O3/c1-25-17-9-12(10-18(26-2)20(17)27-3)19-16(22-24-23-19)8-13-11-21-15-7-5-4-6-14(13)15/h4-7,9-11,21H,8H2,1-3H3,(H,22,23,24). The topological polar surface area (TPSA) is 85.1 Å². The quantitative estimate of drug-likeness (QED) is 0.546. The van der Waals surface area contributed by atoms with Crippen LogP contribution in [0.2, 0.25) is 0 Å². The van der Waals surface area contributed by atoms with Crippen molar-refractivity contribution in [2.24, 2.45) is 0 Å². The van der Waals surface area contributed by atoms with Crippen molar-refractivity contribution in [1.29, 1.82) is 0 Å². The molecular weight excluding hydrogens is 344 g/mol. The van der Waals surface area contributed by atoms with Gasteiger partial charge in [0.25, 0.3) is 0 Å². The summed E-state index contributed by atoms with van der Waals surface area (Å²) in [4.78, 5) is 3.30. The summed E-state index contributed by atoms with van der Waals surface area (Å²) in [6.45, 7) is 0. The summed E-state index contributed by atoms with van der Waals surface area (Å²) in [6, 6.07) is 11.9. The average Bonchev–Trinajstić information content (AvgIpc) is 3.34. The Labute approximate surface area is 156 Å². The Balaban J connectivity index is 1.76. The molecule has 0 spiro atoms. The Morgan fingerprint density at radius 1 is 0.926 bits per heavy atom. The van der Waals surface area contributed by atoms with E-state index in [0.29, 0.717) is 23.7 Å². The van der Waals surface area contributed by atoms with Gasteiger partial charge in [0.05, 0.1) is 27.0 Å². The van der Waals surface area contributed by atoms with Crippen molar-refractivity contribution in [1.82, 2.24) is 20.4 Å². The normalized spacial score (nSPS) is 10.9. The third-order valence-electron chi connectivity index (χ3n) is 4.59. The lowest BCUT2D eigenvalue weighted by Gasteiger charge is -2.13. The molecule has 0 radical (unpaired) electrons. The third kappa shape index (κ3) is 2.97. The van der Waals surface area contributed by atoms with Crippen molar-refractivity contribution in [3.8, 4) is 28.5 Å². The van der Waals surface area contributed by atoms with Gasteiger partial charge in [0.1, 0.15) is 5.69 Å². The number of para-hydroxylation sites is 1. The molecule has 0 bridgehead atoms. The van der Waals surface area contributed by atoms with Gasteiger partial charge in [0.2, 0.25) is 5.75 Å². The number of methoxy groups -OCH3 is 3. The van der Waals surface area contributed by atoms with E-state index in [1.165, 1.54) is 5.39 Å². The van der Waals surface area contributed by atoms with Gasteiger partial charge < -0.3 is 19.2 Å². The van der Waals surface area contributed by atoms with Crippen LogP contribution in [0, 0.1) is 0 Å². The van der Waals surface area contributed by atoms with E-state index in [2.05, 4.69) is 32.5 Å². The lowest BCUT2D eigenvalue weighted by molar-refractivity contribution is 0.324.